The minimum atomic E-state index is -0.646. The quantitative estimate of drug-likeness (QED) is 0.544. The molecule has 0 saturated heterocycles. The Morgan fingerprint density at radius 3 is 2.57 bits per heavy atom. The average molecular weight is 390 g/mol. The number of carbonyl (C=O) groups excluding carboxylic acids is 2. The Kier molecular flexibility index (Phi) is 4.90. The fourth-order valence-electron chi connectivity index (χ4n) is 2.86. The van der Waals surface area contributed by atoms with Gasteiger partial charge in [0.25, 0.3) is 5.91 Å². The maximum Gasteiger partial charge on any atom is 0.261 e. The van der Waals surface area contributed by atoms with Gasteiger partial charge in [0.2, 0.25) is 5.91 Å². The molecule has 2 N–H and O–H groups in total. The Hall–Kier alpha value is -3.45. The molecule has 7 heteroatoms. The lowest BCUT2D eigenvalue weighted by Gasteiger charge is -2.14. The van der Waals surface area contributed by atoms with Gasteiger partial charge in [-0.3, -0.25) is 14.2 Å². The van der Waals surface area contributed by atoms with Gasteiger partial charge in [0, 0.05) is 11.4 Å². The van der Waals surface area contributed by atoms with Gasteiger partial charge in [0.1, 0.15) is 12.4 Å². The second kappa shape index (κ2) is 7.66. The van der Waals surface area contributed by atoms with E-state index in [1.807, 2.05) is 58.5 Å². The van der Waals surface area contributed by atoms with Crippen LogP contribution in [0.1, 0.15) is 16.6 Å². The van der Waals surface area contributed by atoms with E-state index in [2.05, 4.69) is 15.6 Å². The van der Waals surface area contributed by atoms with E-state index in [9.17, 15) is 9.59 Å². The van der Waals surface area contributed by atoms with Crippen molar-refractivity contribution in [3.63, 3.8) is 0 Å². The Morgan fingerprint density at radius 2 is 1.82 bits per heavy atom. The normalized spacial score (nSPS) is 11.9. The van der Waals surface area contributed by atoms with E-state index < -0.39 is 6.04 Å². The molecular formula is C21H18N4O2S. The molecule has 4 rings (SSSR count). The Labute approximate surface area is 165 Å². The first kappa shape index (κ1) is 17.9. The standard InChI is InChI=1S/C21H18N4O2S/c1-14(23-21(27)19-7-4-12-28-19)20(26)24-15-8-10-16(11-9-15)25-13-22-17-5-2-3-6-18(17)25/h2-14H,1H3,(H,23,27)(H,24,26). The number of aromatic nitrogens is 2. The van der Waals surface area contributed by atoms with Crippen molar-refractivity contribution in [1.82, 2.24) is 14.9 Å². The van der Waals surface area contributed by atoms with Crippen LogP contribution in [0.4, 0.5) is 5.69 Å². The number of thiophene rings is 1. The highest BCUT2D eigenvalue weighted by molar-refractivity contribution is 7.12. The van der Waals surface area contributed by atoms with Gasteiger partial charge in [0.15, 0.2) is 0 Å². The topological polar surface area (TPSA) is 76.0 Å². The summed E-state index contributed by atoms with van der Waals surface area (Å²) < 4.78 is 1.99. The minimum Gasteiger partial charge on any atom is -0.340 e. The van der Waals surface area contributed by atoms with Crippen molar-refractivity contribution < 1.29 is 9.59 Å². The number of amides is 2. The Morgan fingerprint density at radius 1 is 1.04 bits per heavy atom. The van der Waals surface area contributed by atoms with E-state index in [0.29, 0.717) is 10.6 Å². The van der Waals surface area contributed by atoms with E-state index in [1.165, 1.54) is 11.3 Å². The number of hydrogen-bond acceptors (Lipinski definition) is 4. The molecule has 0 fully saturated rings. The summed E-state index contributed by atoms with van der Waals surface area (Å²) in [5, 5.41) is 7.35. The van der Waals surface area contributed by atoms with Gasteiger partial charge < -0.3 is 10.6 Å². The molecule has 0 radical (unpaired) electrons. The van der Waals surface area contributed by atoms with Gasteiger partial charge in [-0.15, -0.1) is 11.3 Å². The van der Waals surface area contributed by atoms with E-state index in [-0.39, 0.29) is 11.8 Å². The molecule has 0 spiro atoms. The first-order chi connectivity index (χ1) is 13.6. The van der Waals surface area contributed by atoms with Crippen molar-refractivity contribution in [3.8, 4) is 5.69 Å². The first-order valence-corrected chi connectivity index (χ1v) is 9.67. The van der Waals surface area contributed by atoms with Crippen molar-refractivity contribution in [2.45, 2.75) is 13.0 Å². The number of benzene rings is 2. The van der Waals surface area contributed by atoms with E-state index >= 15 is 0 Å². The van der Waals surface area contributed by atoms with E-state index in [0.717, 1.165) is 16.7 Å². The third-order valence-corrected chi connectivity index (χ3v) is 5.22. The van der Waals surface area contributed by atoms with Gasteiger partial charge in [-0.05, 0) is 54.8 Å². The monoisotopic (exact) mass is 390 g/mol. The predicted molar refractivity (Wildman–Crippen MR) is 111 cm³/mol. The molecule has 2 heterocycles. The Balaban J connectivity index is 1.42. The summed E-state index contributed by atoms with van der Waals surface area (Å²) >= 11 is 1.34. The maximum atomic E-state index is 12.4. The number of nitrogens with one attached hydrogen (secondary N) is 2. The van der Waals surface area contributed by atoms with Crippen LogP contribution in [0, 0.1) is 0 Å². The van der Waals surface area contributed by atoms with Crippen molar-refractivity contribution in [2.75, 3.05) is 5.32 Å². The van der Waals surface area contributed by atoms with Crippen molar-refractivity contribution in [1.29, 1.82) is 0 Å². The number of hydrogen-bond donors (Lipinski definition) is 2. The molecule has 0 aliphatic rings. The third-order valence-electron chi connectivity index (χ3n) is 4.35. The predicted octanol–water partition coefficient (Wildman–Crippen LogP) is 3.84. The number of fused-ring (bicyclic) bond motifs is 1. The van der Waals surface area contributed by atoms with Crippen LogP contribution in [-0.2, 0) is 4.79 Å². The number of para-hydroxylation sites is 2. The third kappa shape index (κ3) is 3.65. The molecule has 0 aliphatic heterocycles. The molecule has 2 aromatic carbocycles. The van der Waals surface area contributed by atoms with Crippen LogP contribution in [0.15, 0.2) is 72.4 Å². The molecule has 4 aromatic rings. The summed E-state index contributed by atoms with van der Waals surface area (Å²) in [5.74, 6) is -0.522. The smallest absolute Gasteiger partial charge is 0.261 e. The lowest BCUT2D eigenvalue weighted by molar-refractivity contribution is -0.117. The van der Waals surface area contributed by atoms with Crippen LogP contribution in [0.2, 0.25) is 0 Å². The molecule has 28 heavy (non-hydrogen) atoms. The van der Waals surface area contributed by atoms with Gasteiger partial charge in [-0.25, -0.2) is 4.98 Å². The molecule has 1 unspecified atom stereocenters. The molecule has 1 atom stereocenters. The minimum absolute atomic E-state index is 0.250. The molecule has 0 saturated carbocycles. The fourth-order valence-corrected chi connectivity index (χ4v) is 3.49. The van der Waals surface area contributed by atoms with Crippen molar-refractivity contribution in [2.24, 2.45) is 0 Å². The lowest BCUT2D eigenvalue weighted by atomic mass is 10.2. The largest absolute Gasteiger partial charge is 0.340 e. The summed E-state index contributed by atoms with van der Waals surface area (Å²) in [6.45, 7) is 1.66. The first-order valence-electron chi connectivity index (χ1n) is 8.79. The zero-order chi connectivity index (χ0) is 19.5. The number of rotatable bonds is 5. The fraction of sp³-hybridized carbons (Fsp3) is 0.0952. The van der Waals surface area contributed by atoms with Crippen molar-refractivity contribution in [3.05, 3.63) is 77.2 Å². The Bertz CT molecular complexity index is 1120. The molecule has 0 bridgehead atoms. The van der Waals surface area contributed by atoms with Crippen molar-refractivity contribution >= 4 is 39.9 Å². The highest BCUT2D eigenvalue weighted by atomic mass is 32.1. The van der Waals surface area contributed by atoms with Crippen LogP contribution >= 0.6 is 11.3 Å². The summed E-state index contributed by atoms with van der Waals surface area (Å²) in [6, 6.07) is 18.3. The van der Waals surface area contributed by atoms with Crippen LogP contribution in [0.25, 0.3) is 16.7 Å². The second-order valence-electron chi connectivity index (χ2n) is 6.31. The molecule has 6 nitrogen and oxygen atoms in total. The van der Waals surface area contributed by atoms with Gasteiger partial charge >= 0.3 is 0 Å². The summed E-state index contributed by atoms with van der Waals surface area (Å²) in [6.07, 6.45) is 1.78. The van der Waals surface area contributed by atoms with Crippen LogP contribution in [-0.4, -0.2) is 27.4 Å². The maximum absolute atomic E-state index is 12.4. The molecule has 0 aliphatic carbocycles. The zero-order valence-corrected chi connectivity index (χ0v) is 15.9. The van der Waals surface area contributed by atoms with Crippen LogP contribution in [0.5, 0.6) is 0 Å². The SMILES string of the molecule is CC(NC(=O)c1cccs1)C(=O)Nc1ccc(-n2cnc3ccccc32)cc1. The van der Waals surface area contributed by atoms with E-state index in [4.69, 9.17) is 0 Å². The van der Waals surface area contributed by atoms with Gasteiger partial charge in [0.05, 0.1) is 15.9 Å². The lowest BCUT2D eigenvalue weighted by Crippen LogP contribution is -2.41. The zero-order valence-electron chi connectivity index (χ0n) is 15.1. The highest BCUT2D eigenvalue weighted by Crippen LogP contribution is 2.19. The summed E-state index contributed by atoms with van der Waals surface area (Å²) in [7, 11) is 0. The molecule has 140 valence electrons. The van der Waals surface area contributed by atoms with Gasteiger partial charge in [-0.1, -0.05) is 18.2 Å². The average Bonchev–Trinajstić information content (AvgIpc) is 3.39. The summed E-state index contributed by atoms with van der Waals surface area (Å²) in [5.41, 5.74) is 3.56. The van der Waals surface area contributed by atoms with Crippen LogP contribution in [0.3, 0.4) is 0 Å². The molecule has 2 aromatic heterocycles. The number of carbonyl (C=O) groups is 2. The second-order valence-corrected chi connectivity index (χ2v) is 7.26. The van der Waals surface area contributed by atoms with E-state index in [1.54, 1.807) is 25.4 Å². The molecule has 2 amide bonds. The summed E-state index contributed by atoms with van der Waals surface area (Å²) in [4.78, 5) is 29.4. The molecular weight excluding hydrogens is 372 g/mol. The number of nitrogens with zero attached hydrogens (tertiary/aromatic N) is 2. The number of imidazole rings is 1. The number of anilines is 1. The van der Waals surface area contributed by atoms with Crippen LogP contribution < -0.4 is 10.6 Å². The van der Waals surface area contributed by atoms with Gasteiger partial charge in [-0.2, -0.15) is 0 Å². The highest BCUT2D eigenvalue weighted by Gasteiger charge is 2.17.